The highest BCUT2D eigenvalue weighted by molar-refractivity contribution is 5.98. The zero-order chi connectivity index (χ0) is 16.1. The third-order valence-electron chi connectivity index (χ3n) is 3.17. The predicted molar refractivity (Wildman–Crippen MR) is 82.0 cm³/mol. The van der Waals surface area contributed by atoms with Crippen LogP contribution in [0.1, 0.15) is 20.7 Å². The second-order valence-corrected chi connectivity index (χ2v) is 5.37. The van der Waals surface area contributed by atoms with Gasteiger partial charge in [0.05, 0.1) is 17.7 Å². The number of pyridine rings is 1. The van der Waals surface area contributed by atoms with Crippen LogP contribution in [0, 0.1) is 0 Å². The van der Waals surface area contributed by atoms with E-state index in [0.29, 0.717) is 12.1 Å². The number of aromatic hydroxyl groups is 1. The lowest BCUT2D eigenvalue weighted by Gasteiger charge is -2.07. The number of rotatable bonds is 6. The van der Waals surface area contributed by atoms with Crippen LogP contribution < -0.4 is 21.5 Å². The van der Waals surface area contributed by atoms with Gasteiger partial charge in [0.15, 0.2) is 18.2 Å². The van der Waals surface area contributed by atoms with Gasteiger partial charge in [0.1, 0.15) is 5.75 Å². The monoisotopic (exact) mass is 378 g/mol. The lowest BCUT2D eigenvalue weighted by Crippen LogP contribution is -3.00. The molecule has 2 aromatic rings. The van der Waals surface area contributed by atoms with Gasteiger partial charge in [0.2, 0.25) is 12.3 Å². The minimum atomic E-state index is -0.208. The smallest absolute Gasteiger partial charge is 0.231 e. The van der Waals surface area contributed by atoms with Crippen molar-refractivity contribution in [3.63, 3.8) is 0 Å². The maximum Gasteiger partial charge on any atom is 0.231 e. The summed E-state index contributed by atoms with van der Waals surface area (Å²) < 4.78 is 1.65. The van der Waals surface area contributed by atoms with Gasteiger partial charge in [-0.1, -0.05) is 12.1 Å². The van der Waals surface area contributed by atoms with E-state index in [1.54, 1.807) is 52.2 Å². The molecule has 0 radical (unpaired) electrons. The first-order chi connectivity index (χ1) is 10.5. The number of carbonyl (C=O) groups excluding carboxylic acids is 2. The van der Waals surface area contributed by atoms with Crippen molar-refractivity contribution in [2.45, 2.75) is 6.54 Å². The normalized spacial score (nSPS) is 10.2. The van der Waals surface area contributed by atoms with Crippen LogP contribution in [0.4, 0.5) is 0 Å². The van der Waals surface area contributed by atoms with Gasteiger partial charge in [-0.15, -0.1) is 0 Å². The Hall–Kier alpha value is -2.05. The highest BCUT2D eigenvalue weighted by Gasteiger charge is 2.17. The Morgan fingerprint density at radius 1 is 1.09 bits per heavy atom. The van der Waals surface area contributed by atoms with E-state index in [1.165, 1.54) is 6.07 Å². The molecule has 0 aliphatic carbocycles. The summed E-state index contributed by atoms with van der Waals surface area (Å²) in [5.41, 5.74) is 0.835. The van der Waals surface area contributed by atoms with Crippen molar-refractivity contribution in [1.29, 1.82) is 0 Å². The first-order valence-electron chi connectivity index (χ1n) is 6.95. The zero-order valence-corrected chi connectivity index (χ0v) is 14.7. The molecule has 1 aromatic heterocycles. The molecular formula is C17H19BrN2O3. The average molecular weight is 379 g/mol. The van der Waals surface area contributed by atoms with E-state index in [1.807, 2.05) is 14.1 Å². The highest BCUT2D eigenvalue weighted by atomic mass is 79.9. The second kappa shape index (κ2) is 8.55. The van der Waals surface area contributed by atoms with E-state index in [0.717, 1.165) is 0 Å². The molecule has 0 unspecified atom stereocenters. The summed E-state index contributed by atoms with van der Waals surface area (Å²) in [5.74, 6) is -0.248. The quantitative estimate of drug-likeness (QED) is 0.481. The Morgan fingerprint density at radius 2 is 1.78 bits per heavy atom. The summed E-state index contributed by atoms with van der Waals surface area (Å²) in [6, 6.07) is 9.90. The average Bonchev–Trinajstić information content (AvgIpc) is 2.47. The van der Waals surface area contributed by atoms with Gasteiger partial charge in [0.25, 0.3) is 0 Å². The zero-order valence-electron chi connectivity index (χ0n) is 13.1. The molecule has 0 saturated carbocycles. The molecule has 0 atom stereocenters. The molecular weight excluding hydrogens is 360 g/mol. The van der Waals surface area contributed by atoms with Crippen molar-refractivity contribution < 1.29 is 36.2 Å². The first-order valence-corrected chi connectivity index (χ1v) is 6.95. The lowest BCUT2D eigenvalue weighted by atomic mass is 10.1. The van der Waals surface area contributed by atoms with Crippen molar-refractivity contribution in [3.05, 3.63) is 59.9 Å². The number of ketones is 2. The number of hydrogen-bond donors (Lipinski definition) is 1. The molecule has 1 N–H and O–H groups in total. The fraction of sp³-hybridized carbons (Fsp3) is 0.235. The van der Waals surface area contributed by atoms with Crippen molar-refractivity contribution in [1.82, 2.24) is 4.90 Å². The molecule has 0 aliphatic heterocycles. The SMILES string of the molecule is CN(C)CC(=O)c1ccc[n+](CC(=O)c2ccccc2O)c1.[Br-]. The number of benzene rings is 1. The minimum absolute atomic E-state index is 0. The maximum absolute atomic E-state index is 12.2. The van der Waals surface area contributed by atoms with Gasteiger partial charge in [-0.25, -0.2) is 0 Å². The number of likely N-dealkylation sites (N-methyl/N-ethyl adjacent to an activating group) is 1. The van der Waals surface area contributed by atoms with Gasteiger partial charge in [0, 0.05) is 6.07 Å². The van der Waals surface area contributed by atoms with Gasteiger partial charge >= 0.3 is 0 Å². The van der Waals surface area contributed by atoms with Crippen LogP contribution in [0.2, 0.25) is 0 Å². The number of carbonyl (C=O) groups is 2. The molecule has 0 saturated heterocycles. The second-order valence-electron chi connectivity index (χ2n) is 5.37. The van der Waals surface area contributed by atoms with Gasteiger partial charge in [-0.2, -0.15) is 4.57 Å². The molecule has 0 fully saturated rings. The molecule has 6 heteroatoms. The number of nitrogens with zero attached hydrogens (tertiary/aromatic N) is 2. The molecule has 0 aliphatic rings. The molecule has 1 heterocycles. The number of Topliss-reactive ketones (excluding diaryl/α,β-unsaturated/α-hetero) is 2. The number of hydrogen-bond acceptors (Lipinski definition) is 4. The van der Waals surface area contributed by atoms with E-state index in [-0.39, 0.29) is 46.4 Å². The number of aromatic nitrogens is 1. The molecule has 0 amide bonds. The Bertz CT molecular complexity index is 702. The number of halogens is 1. The van der Waals surface area contributed by atoms with Gasteiger partial charge < -0.3 is 27.0 Å². The number of para-hydroxylation sites is 1. The predicted octanol–water partition coefficient (Wildman–Crippen LogP) is -1.69. The Balaban J connectivity index is 0.00000264. The van der Waals surface area contributed by atoms with Crippen LogP contribution in [0.25, 0.3) is 0 Å². The van der Waals surface area contributed by atoms with Crippen LogP contribution in [0.3, 0.4) is 0 Å². The highest BCUT2D eigenvalue weighted by Crippen LogP contribution is 2.15. The largest absolute Gasteiger partial charge is 1.00 e. The van der Waals surface area contributed by atoms with Crippen LogP contribution in [0.5, 0.6) is 5.75 Å². The number of phenolic OH excluding ortho intramolecular Hbond substituents is 1. The van der Waals surface area contributed by atoms with E-state index in [2.05, 4.69) is 0 Å². The van der Waals surface area contributed by atoms with Crippen molar-refractivity contribution >= 4 is 11.6 Å². The van der Waals surface area contributed by atoms with Crippen molar-refractivity contribution in [2.75, 3.05) is 20.6 Å². The summed E-state index contributed by atoms with van der Waals surface area (Å²) in [4.78, 5) is 26.1. The Kier molecular flexibility index (Phi) is 7.06. The Labute approximate surface area is 145 Å². The van der Waals surface area contributed by atoms with Crippen molar-refractivity contribution in [2.24, 2.45) is 0 Å². The Morgan fingerprint density at radius 3 is 2.43 bits per heavy atom. The van der Waals surface area contributed by atoms with E-state index in [9.17, 15) is 14.7 Å². The van der Waals surface area contributed by atoms with Crippen molar-refractivity contribution in [3.8, 4) is 5.75 Å². The molecule has 1 aromatic carbocycles. The summed E-state index contributed by atoms with van der Waals surface area (Å²) in [7, 11) is 3.66. The fourth-order valence-electron chi connectivity index (χ4n) is 2.12. The topological polar surface area (TPSA) is 61.5 Å². The van der Waals surface area contributed by atoms with Crippen LogP contribution in [-0.4, -0.2) is 42.2 Å². The molecule has 0 spiro atoms. The molecule has 23 heavy (non-hydrogen) atoms. The standard InChI is InChI=1S/C17H18N2O3.BrH/c1-18(2)11-16(21)13-6-5-9-19(10-13)12-17(22)14-7-3-4-8-15(14)20;/h3-10H,11-12H2,1-2H3;1H. The first kappa shape index (κ1) is 19.0. The number of phenols is 1. The van der Waals surface area contributed by atoms with Gasteiger partial charge in [-0.05, 0) is 32.3 Å². The molecule has 2 rings (SSSR count). The third-order valence-corrected chi connectivity index (χ3v) is 3.17. The van der Waals surface area contributed by atoms with Gasteiger partial charge in [-0.3, -0.25) is 9.59 Å². The maximum atomic E-state index is 12.2. The summed E-state index contributed by atoms with van der Waals surface area (Å²) in [6.07, 6.45) is 3.38. The molecule has 0 bridgehead atoms. The molecule has 122 valence electrons. The summed E-state index contributed by atoms with van der Waals surface area (Å²) in [5, 5.41) is 9.71. The fourth-order valence-corrected chi connectivity index (χ4v) is 2.12. The summed E-state index contributed by atoms with van der Waals surface area (Å²) in [6.45, 7) is 0.387. The van der Waals surface area contributed by atoms with Crippen LogP contribution in [0.15, 0.2) is 48.8 Å². The molecule has 5 nitrogen and oxygen atoms in total. The third kappa shape index (κ3) is 5.26. The van der Waals surface area contributed by atoms with E-state index < -0.39 is 0 Å². The van der Waals surface area contributed by atoms with E-state index >= 15 is 0 Å². The van der Waals surface area contributed by atoms with Crippen LogP contribution >= 0.6 is 0 Å². The minimum Gasteiger partial charge on any atom is -1.00 e. The van der Waals surface area contributed by atoms with Crippen LogP contribution in [-0.2, 0) is 6.54 Å². The lowest BCUT2D eigenvalue weighted by molar-refractivity contribution is -0.683. The van der Waals surface area contributed by atoms with E-state index in [4.69, 9.17) is 0 Å². The summed E-state index contributed by atoms with van der Waals surface area (Å²) >= 11 is 0.